The first-order valence-corrected chi connectivity index (χ1v) is 7.70. The number of benzene rings is 1. The number of halogens is 1. The average molecular weight is 340 g/mol. The number of amides is 1. The van der Waals surface area contributed by atoms with Crippen LogP contribution in [0.15, 0.2) is 45.7 Å². The van der Waals surface area contributed by atoms with Crippen molar-refractivity contribution in [3.05, 3.63) is 69.5 Å². The number of aromatic amines is 1. The van der Waals surface area contributed by atoms with Gasteiger partial charge < -0.3 is 9.42 Å². The lowest BCUT2D eigenvalue weighted by molar-refractivity contribution is 0.0724. The second-order valence-electron chi connectivity index (χ2n) is 5.73. The number of aromatic nitrogens is 3. The number of hydrogen-bond acceptors (Lipinski definition) is 5. The third kappa shape index (κ3) is 2.82. The second kappa shape index (κ2) is 5.97. The van der Waals surface area contributed by atoms with Gasteiger partial charge in [-0.2, -0.15) is 5.10 Å². The molecule has 8 heteroatoms. The van der Waals surface area contributed by atoms with Gasteiger partial charge in [-0.25, -0.2) is 9.49 Å². The minimum absolute atomic E-state index is 0.172. The van der Waals surface area contributed by atoms with Gasteiger partial charge in [-0.1, -0.05) is 5.16 Å². The standard InChI is InChI=1S/C17H13FN4O3/c18-11-3-1-10(2-4-11)16-12-7-8-22(9-14(12)21-25-16)17(24)13-5-6-15(23)20-19-13/h1-6H,7-9H2,(H,20,23). The van der Waals surface area contributed by atoms with Crippen molar-refractivity contribution in [2.75, 3.05) is 6.54 Å². The minimum Gasteiger partial charge on any atom is -0.356 e. The molecule has 1 aromatic carbocycles. The minimum atomic E-state index is -0.363. The summed E-state index contributed by atoms with van der Waals surface area (Å²) in [7, 11) is 0. The second-order valence-corrected chi connectivity index (χ2v) is 5.73. The van der Waals surface area contributed by atoms with Crippen molar-refractivity contribution in [3.63, 3.8) is 0 Å². The van der Waals surface area contributed by atoms with Crippen molar-refractivity contribution in [1.82, 2.24) is 20.3 Å². The molecule has 1 N–H and O–H groups in total. The van der Waals surface area contributed by atoms with Crippen molar-refractivity contribution in [3.8, 4) is 11.3 Å². The number of carbonyl (C=O) groups is 1. The van der Waals surface area contributed by atoms with Crippen LogP contribution < -0.4 is 5.56 Å². The molecule has 1 amide bonds. The van der Waals surface area contributed by atoms with Crippen molar-refractivity contribution >= 4 is 5.91 Å². The summed E-state index contributed by atoms with van der Waals surface area (Å²) in [6.07, 6.45) is 0.570. The molecule has 4 rings (SSSR count). The predicted octanol–water partition coefficient (Wildman–Crippen LogP) is 1.76. The van der Waals surface area contributed by atoms with Gasteiger partial charge in [-0.05, 0) is 36.8 Å². The van der Waals surface area contributed by atoms with Gasteiger partial charge in [-0.3, -0.25) is 9.59 Å². The van der Waals surface area contributed by atoms with E-state index in [-0.39, 0.29) is 23.0 Å². The molecule has 7 nitrogen and oxygen atoms in total. The molecule has 0 aliphatic carbocycles. The van der Waals surface area contributed by atoms with Crippen molar-refractivity contribution in [1.29, 1.82) is 0 Å². The Hall–Kier alpha value is -3.29. The molecule has 0 saturated carbocycles. The number of carbonyl (C=O) groups excluding carboxylic acids is 1. The first kappa shape index (κ1) is 15.3. The first-order chi connectivity index (χ1) is 12.1. The van der Waals surface area contributed by atoms with E-state index < -0.39 is 0 Å². The molecule has 0 unspecified atom stereocenters. The fourth-order valence-electron chi connectivity index (χ4n) is 2.86. The van der Waals surface area contributed by atoms with Crippen LogP contribution in [-0.4, -0.2) is 32.7 Å². The molecule has 3 aromatic rings. The van der Waals surface area contributed by atoms with Gasteiger partial charge in [0.25, 0.3) is 11.5 Å². The van der Waals surface area contributed by atoms with Crippen LogP contribution in [-0.2, 0) is 13.0 Å². The summed E-state index contributed by atoms with van der Waals surface area (Å²) in [4.78, 5) is 25.1. The van der Waals surface area contributed by atoms with Crippen LogP contribution in [0.25, 0.3) is 11.3 Å². The molecule has 0 bridgehead atoms. The van der Waals surface area contributed by atoms with Gasteiger partial charge in [0.05, 0.1) is 6.54 Å². The number of H-pyrrole nitrogens is 1. The van der Waals surface area contributed by atoms with E-state index in [1.165, 1.54) is 24.3 Å². The molecule has 0 saturated heterocycles. The predicted molar refractivity (Wildman–Crippen MR) is 85.2 cm³/mol. The summed E-state index contributed by atoms with van der Waals surface area (Å²) in [6.45, 7) is 0.766. The Morgan fingerprint density at radius 2 is 2.00 bits per heavy atom. The summed E-state index contributed by atoms with van der Waals surface area (Å²) < 4.78 is 18.5. The van der Waals surface area contributed by atoms with Crippen LogP contribution in [0, 0.1) is 5.82 Å². The van der Waals surface area contributed by atoms with Crippen molar-refractivity contribution < 1.29 is 13.7 Å². The molecule has 25 heavy (non-hydrogen) atoms. The molecule has 0 atom stereocenters. The van der Waals surface area contributed by atoms with Gasteiger partial charge in [0.15, 0.2) is 5.76 Å². The molecule has 1 aliphatic rings. The van der Waals surface area contributed by atoms with Crippen LogP contribution in [0.3, 0.4) is 0 Å². The molecule has 0 radical (unpaired) electrons. The lowest BCUT2D eigenvalue weighted by atomic mass is 10.0. The molecule has 1 aliphatic heterocycles. The topological polar surface area (TPSA) is 92.1 Å². The van der Waals surface area contributed by atoms with E-state index in [1.54, 1.807) is 17.0 Å². The Kier molecular flexibility index (Phi) is 3.64. The Labute approximate surface area is 141 Å². The summed E-state index contributed by atoms with van der Waals surface area (Å²) >= 11 is 0. The highest BCUT2D eigenvalue weighted by atomic mass is 19.1. The number of fused-ring (bicyclic) bond motifs is 1. The lowest BCUT2D eigenvalue weighted by Crippen LogP contribution is -2.36. The third-order valence-corrected chi connectivity index (χ3v) is 4.13. The van der Waals surface area contributed by atoms with E-state index >= 15 is 0 Å². The highest BCUT2D eigenvalue weighted by Crippen LogP contribution is 2.30. The first-order valence-electron chi connectivity index (χ1n) is 7.70. The monoisotopic (exact) mass is 340 g/mol. The van der Waals surface area contributed by atoms with Crippen molar-refractivity contribution in [2.24, 2.45) is 0 Å². The largest absolute Gasteiger partial charge is 0.356 e. The zero-order valence-electron chi connectivity index (χ0n) is 13.0. The Morgan fingerprint density at radius 1 is 1.20 bits per heavy atom. The SMILES string of the molecule is O=C(c1ccc(=O)[nH]n1)N1CCc2c(noc2-c2ccc(F)cc2)C1. The molecular weight excluding hydrogens is 327 g/mol. The van der Waals surface area contributed by atoms with Crippen LogP contribution in [0.1, 0.15) is 21.7 Å². The van der Waals surface area contributed by atoms with E-state index in [0.29, 0.717) is 31.0 Å². The molecule has 0 spiro atoms. The fourth-order valence-corrected chi connectivity index (χ4v) is 2.86. The summed E-state index contributed by atoms with van der Waals surface area (Å²) in [5, 5.41) is 10.1. The van der Waals surface area contributed by atoms with Crippen LogP contribution in [0.5, 0.6) is 0 Å². The lowest BCUT2D eigenvalue weighted by Gasteiger charge is -2.25. The van der Waals surface area contributed by atoms with Gasteiger partial charge >= 0.3 is 0 Å². The van der Waals surface area contributed by atoms with E-state index in [2.05, 4.69) is 15.4 Å². The van der Waals surface area contributed by atoms with Crippen LogP contribution in [0.4, 0.5) is 4.39 Å². The zero-order chi connectivity index (χ0) is 17.4. The summed E-state index contributed by atoms with van der Waals surface area (Å²) in [5.74, 6) is -0.000181. The number of hydrogen-bond donors (Lipinski definition) is 1. The average Bonchev–Trinajstić information content (AvgIpc) is 3.05. The number of nitrogens with zero attached hydrogens (tertiary/aromatic N) is 3. The van der Waals surface area contributed by atoms with Gasteiger partial charge in [0.2, 0.25) is 0 Å². The quantitative estimate of drug-likeness (QED) is 0.767. The van der Waals surface area contributed by atoms with Crippen LogP contribution in [0.2, 0.25) is 0 Å². The smallest absolute Gasteiger partial charge is 0.274 e. The molecular formula is C17H13FN4O3. The summed E-state index contributed by atoms with van der Waals surface area (Å²) in [6, 6.07) is 8.66. The van der Waals surface area contributed by atoms with E-state index in [9.17, 15) is 14.0 Å². The Bertz CT molecular complexity index is 973. The van der Waals surface area contributed by atoms with E-state index in [0.717, 1.165) is 11.1 Å². The zero-order valence-corrected chi connectivity index (χ0v) is 13.0. The number of nitrogens with one attached hydrogen (secondary N) is 1. The fraction of sp³-hybridized carbons (Fsp3) is 0.176. The Morgan fingerprint density at radius 3 is 2.72 bits per heavy atom. The molecule has 0 fully saturated rings. The maximum atomic E-state index is 13.1. The summed E-state index contributed by atoms with van der Waals surface area (Å²) in [5.41, 5.74) is 2.15. The highest BCUT2D eigenvalue weighted by molar-refractivity contribution is 5.92. The number of rotatable bonds is 2. The van der Waals surface area contributed by atoms with E-state index in [4.69, 9.17) is 4.52 Å². The highest BCUT2D eigenvalue weighted by Gasteiger charge is 2.28. The van der Waals surface area contributed by atoms with Crippen molar-refractivity contribution in [2.45, 2.75) is 13.0 Å². The maximum absolute atomic E-state index is 13.1. The van der Waals surface area contributed by atoms with Gasteiger partial charge in [0.1, 0.15) is 17.2 Å². The van der Waals surface area contributed by atoms with Gasteiger partial charge in [-0.15, -0.1) is 0 Å². The molecule has 126 valence electrons. The van der Waals surface area contributed by atoms with Gasteiger partial charge in [0, 0.05) is 23.7 Å². The van der Waals surface area contributed by atoms with Crippen LogP contribution >= 0.6 is 0 Å². The molecule has 2 aromatic heterocycles. The van der Waals surface area contributed by atoms with E-state index in [1.807, 2.05) is 0 Å². The third-order valence-electron chi connectivity index (χ3n) is 4.13. The molecule has 3 heterocycles. The maximum Gasteiger partial charge on any atom is 0.274 e. The normalized spacial score (nSPS) is 13.6. The Balaban J connectivity index is 1.58.